The number of fused-ring (bicyclic) bond motifs is 1. The van der Waals surface area contributed by atoms with Gasteiger partial charge in [-0.25, -0.2) is 0 Å². The summed E-state index contributed by atoms with van der Waals surface area (Å²) >= 11 is 0. The minimum Gasteiger partial charge on any atom is -0.393 e. The van der Waals surface area contributed by atoms with E-state index in [4.69, 9.17) is 0 Å². The van der Waals surface area contributed by atoms with Gasteiger partial charge in [0, 0.05) is 30.3 Å². The molecule has 0 radical (unpaired) electrons. The van der Waals surface area contributed by atoms with E-state index in [2.05, 4.69) is 5.10 Å². The van der Waals surface area contributed by atoms with E-state index in [0.29, 0.717) is 25.3 Å². The van der Waals surface area contributed by atoms with Gasteiger partial charge in [-0.3, -0.25) is 9.48 Å². The van der Waals surface area contributed by atoms with Crippen molar-refractivity contribution in [2.45, 2.75) is 75.9 Å². The third-order valence-corrected chi connectivity index (χ3v) is 5.50. The summed E-state index contributed by atoms with van der Waals surface area (Å²) in [6, 6.07) is 0.158. The number of carbonyl (C=O) groups excluding carboxylic acids is 1. The molecule has 146 valence electrons. The molecule has 1 aromatic heterocycles. The molecule has 3 rings (SSSR count). The number of hydrogen-bond donors (Lipinski definition) is 2. The van der Waals surface area contributed by atoms with E-state index in [1.165, 1.54) is 0 Å². The number of hydrogen-bond acceptors (Lipinski definition) is 4. The Morgan fingerprint density at radius 1 is 1.27 bits per heavy atom. The lowest BCUT2D eigenvalue weighted by molar-refractivity contribution is -0.250. The van der Waals surface area contributed by atoms with E-state index >= 15 is 0 Å². The Kier molecular flexibility index (Phi) is 4.81. The monoisotopic (exact) mass is 375 g/mol. The molecule has 1 fully saturated rings. The van der Waals surface area contributed by atoms with Crippen LogP contribution in [0.15, 0.2) is 6.20 Å². The molecule has 2 atom stereocenters. The highest BCUT2D eigenvalue weighted by atomic mass is 19.4. The molecule has 1 aliphatic heterocycles. The Balaban J connectivity index is 1.81. The fourth-order valence-corrected chi connectivity index (χ4v) is 3.94. The maximum absolute atomic E-state index is 13.0. The lowest BCUT2D eigenvalue weighted by atomic mass is 9.91. The molecule has 0 saturated heterocycles. The van der Waals surface area contributed by atoms with Gasteiger partial charge in [0.2, 0.25) is 5.60 Å². The van der Waals surface area contributed by atoms with Crippen molar-refractivity contribution in [3.63, 3.8) is 0 Å². The van der Waals surface area contributed by atoms with Gasteiger partial charge in [0.15, 0.2) is 0 Å². The molecule has 9 heteroatoms. The van der Waals surface area contributed by atoms with Crippen molar-refractivity contribution in [1.82, 2.24) is 14.7 Å². The number of aromatic nitrogens is 2. The highest BCUT2D eigenvalue weighted by Gasteiger charge is 2.57. The molecule has 6 nitrogen and oxygen atoms in total. The van der Waals surface area contributed by atoms with Crippen molar-refractivity contribution in [1.29, 1.82) is 0 Å². The second-order valence-corrected chi connectivity index (χ2v) is 7.62. The van der Waals surface area contributed by atoms with Gasteiger partial charge in [-0.2, -0.15) is 18.3 Å². The average molecular weight is 375 g/mol. The van der Waals surface area contributed by atoms with Gasteiger partial charge >= 0.3 is 6.18 Å². The number of amides is 1. The lowest BCUT2D eigenvalue weighted by Gasteiger charge is -2.37. The van der Waals surface area contributed by atoms with Crippen LogP contribution in [0.4, 0.5) is 13.2 Å². The Morgan fingerprint density at radius 3 is 2.46 bits per heavy atom. The van der Waals surface area contributed by atoms with Crippen molar-refractivity contribution in [3.8, 4) is 0 Å². The molecule has 1 unspecified atom stereocenters. The zero-order chi connectivity index (χ0) is 19.3. The largest absolute Gasteiger partial charge is 0.426 e. The van der Waals surface area contributed by atoms with E-state index in [1.54, 1.807) is 6.20 Å². The summed E-state index contributed by atoms with van der Waals surface area (Å²) in [6.07, 6.45) is -0.715. The first-order valence-corrected chi connectivity index (χ1v) is 8.85. The van der Waals surface area contributed by atoms with E-state index in [9.17, 15) is 28.2 Å². The van der Waals surface area contributed by atoms with Gasteiger partial charge < -0.3 is 15.1 Å². The third-order valence-electron chi connectivity index (χ3n) is 5.50. The second kappa shape index (κ2) is 6.53. The second-order valence-electron chi connectivity index (χ2n) is 7.62. The smallest absolute Gasteiger partial charge is 0.393 e. The Bertz CT molecular complexity index is 679. The summed E-state index contributed by atoms with van der Waals surface area (Å²) in [6.45, 7) is 2.43. The normalized spacial score (nSPS) is 29.2. The van der Waals surface area contributed by atoms with Gasteiger partial charge in [-0.15, -0.1) is 0 Å². The summed E-state index contributed by atoms with van der Waals surface area (Å²) in [7, 11) is 0. The van der Waals surface area contributed by atoms with Gasteiger partial charge in [0.25, 0.3) is 5.91 Å². The minimum absolute atomic E-state index is 0.0000810. The van der Waals surface area contributed by atoms with E-state index in [-0.39, 0.29) is 31.2 Å². The standard InChI is InChI=1S/C17H24F3N3O3/c1-10-8-22(15(25)16(2,26)17(18,19)20)9-11-7-21-23(14(10)11)12-3-5-13(24)6-4-12/h7,10,12-13,24,26H,3-6,8-9H2,1-2H3/t10-,12?,13?,16?/m0/s1. The molecule has 1 aliphatic carbocycles. The van der Waals surface area contributed by atoms with Crippen molar-refractivity contribution in [2.75, 3.05) is 6.54 Å². The molecule has 2 aliphatic rings. The summed E-state index contributed by atoms with van der Waals surface area (Å²) in [4.78, 5) is 13.3. The summed E-state index contributed by atoms with van der Waals surface area (Å²) in [5, 5.41) is 23.8. The zero-order valence-corrected chi connectivity index (χ0v) is 14.8. The van der Waals surface area contributed by atoms with E-state index in [0.717, 1.165) is 23.4 Å². The molecule has 0 aromatic carbocycles. The van der Waals surface area contributed by atoms with Gasteiger partial charge in [0.05, 0.1) is 18.3 Å². The molecule has 1 aromatic rings. The predicted molar refractivity (Wildman–Crippen MR) is 86.2 cm³/mol. The number of aliphatic hydroxyl groups is 2. The molecule has 0 spiro atoms. The van der Waals surface area contributed by atoms with Crippen molar-refractivity contribution < 1.29 is 28.2 Å². The zero-order valence-electron chi connectivity index (χ0n) is 14.8. The quantitative estimate of drug-likeness (QED) is 0.830. The SMILES string of the molecule is C[C@H]1CN(C(=O)C(C)(O)C(F)(F)F)Cc2cnn(C3CCC(O)CC3)c21. The average Bonchev–Trinajstić information content (AvgIpc) is 2.98. The number of aliphatic hydroxyl groups excluding tert-OH is 1. The van der Waals surface area contributed by atoms with Crippen LogP contribution in [0.25, 0.3) is 0 Å². The van der Waals surface area contributed by atoms with Crippen LogP contribution in [-0.2, 0) is 11.3 Å². The first kappa shape index (κ1) is 19.2. The van der Waals surface area contributed by atoms with E-state index < -0.39 is 17.7 Å². The summed E-state index contributed by atoms with van der Waals surface area (Å²) in [5.41, 5.74) is -1.76. The minimum atomic E-state index is -5.03. The van der Waals surface area contributed by atoms with Crippen LogP contribution in [0.2, 0.25) is 0 Å². The highest BCUT2D eigenvalue weighted by Crippen LogP contribution is 2.37. The first-order valence-electron chi connectivity index (χ1n) is 8.85. The van der Waals surface area contributed by atoms with Crippen LogP contribution < -0.4 is 0 Å². The third kappa shape index (κ3) is 3.22. The summed E-state index contributed by atoms with van der Waals surface area (Å²) < 4.78 is 40.8. The number of alkyl halides is 3. The molecular formula is C17H24F3N3O3. The van der Waals surface area contributed by atoms with Crippen molar-refractivity contribution >= 4 is 5.91 Å². The summed E-state index contributed by atoms with van der Waals surface area (Å²) in [5.74, 6) is -1.53. The highest BCUT2D eigenvalue weighted by molar-refractivity contribution is 5.85. The van der Waals surface area contributed by atoms with E-state index in [1.807, 2.05) is 11.6 Å². The van der Waals surface area contributed by atoms with Crippen LogP contribution >= 0.6 is 0 Å². The predicted octanol–water partition coefficient (Wildman–Crippen LogP) is 2.12. The molecule has 1 amide bonds. The Hall–Kier alpha value is -1.61. The Labute approximate surface area is 149 Å². The van der Waals surface area contributed by atoms with Crippen LogP contribution in [0.1, 0.15) is 62.7 Å². The first-order chi connectivity index (χ1) is 12.0. The molecule has 26 heavy (non-hydrogen) atoms. The number of rotatable bonds is 2. The Morgan fingerprint density at radius 2 is 1.88 bits per heavy atom. The molecule has 1 saturated carbocycles. The molecule has 2 N–H and O–H groups in total. The fourth-order valence-electron chi connectivity index (χ4n) is 3.94. The van der Waals surface area contributed by atoms with Crippen LogP contribution in [0, 0.1) is 0 Å². The van der Waals surface area contributed by atoms with Crippen molar-refractivity contribution in [3.05, 3.63) is 17.5 Å². The van der Waals surface area contributed by atoms with Gasteiger partial charge in [-0.05, 0) is 32.6 Å². The molecular weight excluding hydrogens is 351 g/mol. The fraction of sp³-hybridized carbons (Fsp3) is 0.765. The van der Waals surface area contributed by atoms with Gasteiger partial charge in [-0.1, -0.05) is 6.92 Å². The van der Waals surface area contributed by atoms with Crippen LogP contribution in [-0.4, -0.2) is 55.2 Å². The lowest BCUT2D eigenvalue weighted by Crippen LogP contribution is -2.57. The van der Waals surface area contributed by atoms with Crippen molar-refractivity contribution in [2.24, 2.45) is 0 Å². The molecule has 0 bridgehead atoms. The maximum atomic E-state index is 13.0. The molecule has 2 heterocycles. The maximum Gasteiger partial charge on any atom is 0.426 e. The topological polar surface area (TPSA) is 78.6 Å². The van der Waals surface area contributed by atoms with Crippen LogP contribution in [0.5, 0.6) is 0 Å². The van der Waals surface area contributed by atoms with Gasteiger partial charge in [0.1, 0.15) is 0 Å². The number of carbonyl (C=O) groups is 1. The number of nitrogens with zero attached hydrogens (tertiary/aromatic N) is 3. The number of halogens is 3. The van der Waals surface area contributed by atoms with Crippen LogP contribution in [0.3, 0.4) is 0 Å².